The Morgan fingerprint density at radius 3 is 2.44 bits per heavy atom. The van der Waals surface area contributed by atoms with Gasteiger partial charge in [0.1, 0.15) is 12.4 Å². The molecule has 5 nitrogen and oxygen atoms in total. The Kier molecular flexibility index (Phi) is 6.24. The first kappa shape index (κ1) is 18.6. The highest BCUT2D eigenvalue weighted by atomic mass is 19.4. The Hall–Kier alpha value is -2.74. The van der Waals surface area contributed by atoms with Gasteiger partial charge in [-0.25, -0.2) is 0 Å². The molecule has 0 radical (unpaired) electrons. The van der Waals surface area contributed by atoms with Crippen LogP contribution in [0.5, 0.6) is 5.75 Å². The molecule has 0 heterocycles. The maximum atomic E-state index is 13.1. The van der Waals surface area contributed by atoms with Gasteiger partial charge in [-0.1, -0.05) is 35.5 Å². The first-order valence-corrected chi connectivity index (χ1v) is 7.35. The largest absolute Gasteiger partial charge is 0.491 e. The third-order valence-corrected chi connectivity index (χ3v) is 3.29. The maximum absolute atomic E-state index is 13.1. The predicted molar refractivity (Wildman–Crippen MR) is 85.5 cm³/mol. The van der Waals surface area contributed by atoms with E-state index >= 15 is 0 Å². The second-order valence-corrected chi connectivity index (χ2v) is 5.08. The van der Waals surface area contributed by atoms with E-state index in [4.69, 9.17) is 20.4 Å². The zero-order chi connectivity index (χ0) is 18.3. The topological polar surface area (TPSA) is 77.1 Å². The van der Waals surface area contributed by atoms with Gasteiger partial charge < -0.3 is 20.4 Å². The molecular formula is C17H17F3N2O3. The number of alkyl halides is 3. The van der Waals surface area contributed by atoms with Gasteiger partial charge in [-0.05, 0) is 23.8 Å². The summed E-state index contributed by atoms with van der Waals surface area (Å²) in [5.41, 5.74) is 5.23. The van der Waals surface area contributed by atoms with Gasteiger partial charge in [0.2, 0.25) is 0 Å². The molecule has 2 aromatic rings. The van der Waals surface area contributed by atoms with E-state index in [1.165, 1.54) is 6.07 Å². The minimum absolute atomic E-state index is 0.0428. The highest BCUT2D eigenvalue weighted by Gasteiger charge is 2.35. The van der Waals surface area contributed by atoms with E-state index in [0.717, 1.165) is 17.7 Å². The van der Waals surface area contributed by atoms with Crippen molar-refractivity contribution in [2.24, 2.45) is 10.9 Å². The molecule has 0 atom stereocenters. The molecule has 0 aromatic heterocycles. The standard InChI is InChI=1S/C17H17F3N2O3/c18-17(19,20)14-10-13(16(21)22-23)6-7-15(14)25-9-8-24-11-12-4-2-1-3-5-12/h1-7,10,23H,8-9,11H2,(H2,21,22). The first-order chi connectivity index (χ1) is 11.9. The Labute approximate surface area is 142 Å². The molecule has 0 saturated carbocycles. The maximum Gasteiger partial charge on any atom is 0.419 e. The summed E-state index contributed by atoms with van der Waals surface area (Å²) in [7, 11) is 0. The number of amidine groups is 1. The van der Waals surface area contributed by atoms with Crippen LogP contribution in [0.4, 0.5) is 13.2 Å². The average molecular weight is 354 g/mol. The smallest absolute Gasteiger partial charge is 0.419 e. The number of rotatable bonds is 7. The van der Waals surface area contributed by atoms with E-state index in [9.17, 15) is 13.2 Å². The van der Waals surface area contributed by atoms with Crippen molar-refractivity contribution in [2.45, 2.75) is 12.8 Å². The van der Waals surface area contributed by atoms with Gasteiger partial charge in [0, 0.05) is 5.56 Å². The Balaban J connectivity index is 1.96. The molecule has 0 aliphatic heterocycles. The van der Waals surface area contributed by atoms with Gasteiger partial charge in [-0.3, -0.25) is 0 Å². The van der Waals surface area contributed by atoms with Crippen LogP contribution in [0.1, 0.15) is 16.7 Å². The van der Waals surface area contributed by atoms with Crippen LogP contribution in [-0.4, -0.2) is 24.3 Å². The summed E-state index contributed by atoms with van der Waals surface area (Å²) in [6, 6.07) is 12.6. The quantitative estimate of drug-likeness (QED) is 0.263. The number of hydrogen-bond donors (Lipinski definition) is 2. The normalized spacial score (nSPS) is 12.2. The van der Waals surface area contributed by atoms with E-state index in [-0.39, 0.29) is 24.5 Å². The van der Waals surface area contributed by atoms with Crippen molar-refractivity contribution in [3.8, 4) is 5.75 Å². The molecular weight excluding hydrogens is 337 g/mol. The third kappa shape index (κ3) is 5.39. The minimum Gasteiger partial charge on any atom is -0.491 e. The highest BCUT2D eigenvalue weighted by Crippen LogP contribution is 2.36. The fourth-order valence-corrected chi connectivity index (χ4v) is 2.07. The molecule has 134 valence electrons. The number of ether oxygens (including phenoxy) is 2. The van der Waals surface area contributed by atoms with Crippen LogP contribution in [0.25, 0.3) is 0 Å². The fourth-order valence-electron chi connectivity index (χ4n) is 2.07. The molecule has 0 saturated heterocycles. The van der Waals surface area contributed by atoms with Crippen molar-refractivity contribution in [3.05, 3.63) is 65.2 Å². The van der Waals surface area contributed by atoms with Gasteiger partial charge in [0.05, 0.1) is 18.8 Å². The molecule has 3 N–H and O–H groups in total. The summed E-state index contributed by atoms with van der Waals surface area (Å²) in [6.07, 6.45) is -4.63. The van der Waals surface area contributed by atoms with Gasteiger partial charge in [-0.2, -0.15) is 13.2 Å². The second kappa shape index (κ2) is 8.39. The van der Waals surface area contributed by atoms with E-state index in [1.807, 2.05) is 30.3 Å². The molecule has 25 heavy (non-hydrogen) atoms. The Morgan fingerprint density at radius 1 is 1.08 bits per heavy atom. The fraction of sp³-hybridized carbons (Fsp3) is 0.235. The summed E-state index contributed by atoms with van der Waals surface area (Å²) in [4.78, 5) is 0. The number of oxime groups is 1. The van der Waals surface area contributed by atoms with E-state index in [2.05, 4.69) is 5.16 Å². The lowest BCUT2D eigenvalue weighted by molar-refractivity contribution is -0.139. The number of benzene rings is 2. The van der Waals surface area contributed by atoms with Gasteiger partial charge in [0.25, 0.3) is 0 Å². The molecule has 2 aromatic carbocycles. The highest BCUT2D eigenvalue weighted by molar-refractivity contribution is 5.97. The molecule has 0 fully saturated rings. The molecule has 0 unspecified atom stereocenters. The lowest BCUT2D eigenvalue weighted by Crippen LogP contribution is -2.17. The molecule has 0 aliphatic rings. The van der Waals surface area contributed by atoms with Crippen LogP contribution < -0.4 is 10.5 Å². The summed E-state index contributed by atoms with van der Waals surface area (Å²) < 4.78 is 50.0. The molecule has 0 bridgehead atoms. The van der Waals surface area contributed by atoms with Crippen LogP contribution >= 0.6 is 0 Å². The van der Waals surface area contributed by atoms with Crippen molar-refractivity contribution in [2.75, 3.05) is 13.2 Å². The molecule has 8 heteroatoms. The van der Waals surface area contributed by atoms with Crippen LogP contribution in [0.2, 0.25) is 0 Å². The Bertz CT molecular complexity index is 719. The zero-order valence-corrected chi connectivity index (χ0v) is 13.2. The Morgan fingerprint density at radius 2 is 1.80 bits per heavy atom. The van der Waals surface area contributed by atoms with Crippen LogP contribution in [-0.2, 0) is 17.5 Å². The second-order valence-electron chi connectivity index (χ2n) is 5.08. The van der Waals surface area contributed by atoms with Crippen molar-refractivity contribution < 1.29 is 27.9 Å². The molecule has 0 spiro atoms. The van der Waals surface area contributed by atoms with E-state index in [0.29, 0.717) is 6.61 Å². The average Bonchev–Trinajstić information content (AvgIpc) is 2.61. The lowest BCUT2D eigenvalue weighted by Gasteiger charge is -2.15. The van der Waals surface area contributed by atoms with Crippen LogP contribution in [0, 0.1) is 0 Å². The van der Waals surface area contributed by atoms with Gasteiger partial charge in [0.15, 0.2) is 5.84 Å². The van der Waals surface area contributed by atoms with Crippen molar-refractivity contribution >= 4 is 5.84 Å². The predicted octanol–water partition coefficient (Wildman–Crippen LogP) is 3.40. The summed E-state index contributed by atoms with van der Waals surface area (Å²) in [5, 5.41) is 11.3. The summed E-state index contributed by atoms with van der Waals surface area (Å²) in [5.74, 6) is -0.756. The monoisotopic (exact) mass is 354 g/mol. The SMILES string of the molecule is N/C(=N\O)c1ccc(OCCOCc2ccccc2)c(C(F)(F)F)c1. The van der Waals surface area contributed by atoms with Crippen LogP contribution in [0.3, 0.4) is 0 Å². The molecule has 2 rings (SSSR count). The van der Waals surface area contributed by atoms with Crippen molar-refractivity contribution in [1.82, 2.24) is 0 Å². The number of nitrogens with zero attached hydrogens (tertiary/aromatic N) is 1. The lowest BCUT2D eigenvalue weighted by atomic mass is 10.1. The molecule has 0 aliphatic carbocycles. The first-order valence-electron chi connectivity index (χ1n) is 7.35. The number of nitrogens with two attached hydrogens (primary N) is 1. The summed E-state index contributed by atoms with van der Waals surface area (Å²) in [6.45, 7) is 0.436. The van der Waals surface area contributed by atoms with E-state index in [1.54, 1.807) is 0 Å². The third-order valence-electron chi connectivity index (χ3n) is 3.29. The van der Waals surface area contributed by atoms with E-state index < -0.39 is 17.6 Å². The van der Waals surface area contributed by atoms with Gasteiger partial charge >= 0.3 is 6.18 Å². The summed E-state index contributed by atoms with van der Waals surface area (Å²) >= 11 is 0. The number of hydrogen-bond acceptors (Lipinski definition) is 4. The molecule has 0 amide bonds. The minimum atomic E-state index is -4.63. The van der Waals surface area contributed by atoms with Crippen molar-refractivity contribution in [3.63, 3.8) is 0 Å². The van der Waals surface area contributed by atoms with Crippen LogP contribution in [0.15, 0.2) is 53.7 Å². The zero-order valence-electron chi connectivity index (χ0n) is 13.2. The van der Waals surface area contributed by atoms with Gasteiger partial charge in [-0.15, -0.1) is 0 Å². The van der Waals surface area contributed by atoms with Crippen molar-refractivity contribution in [1.29, 1.82) is 0 Å². The number of halogens is 3.